The third-order valence-electron chi connectivity index (χ3n) is 3.60. The first-order chi connectivity index (χ1) is 7.53. The molecule has 1 aliphatic heterocycles. The van der Waals surface area contributed by atoms with Gasteiger partial charge in [-0.3, -0.25) is 9.69 Å². The van der Waals surface area contributed by atoms with Crippen LogP contribution < -0.4 is 11.1 Å². The van der Waals surface area contributed by atoms with E-state index in [9.17, 15) is 4.79 Å². The van der Waals surface area contributed by atoms with Gasteiger partial charge in [0.2, 0.25) is 5.91 Å². The minimum atomic E-state index is -0.591. The molecule has 2 atom stereocenters. The van der Waals surface area contributed by atoms with E-state index in [2.05, 4.69) is 17.1 Å². The van der Waals surface area contributed by atoms with Crippen molar-refractivity contribution in [2.75, 3.05) is 19.6 Å². The monoisotopic (exact) mass is 227 g/mol. The number of rotatable bonds is 6. The van der Waals surface area contributed by atoms with Crippen LogP contribution in [0.25, 0.3) is 0 Å². The number of nitrogens with zero attached hydrogens (tertiary/aromatic N) is 1. The molecule has 94 valence electrons. The number of likely N-dealkylation sites (tertiary alicyclic amines) is 1. The fraction of sp³-hybridized carbons (Fsp3) is 0.917. The van der Waals surface area contributed by atoms with Crippen molar-refractivity contribution in [3.63, 3.8) is 0 Å². The predicted octanol–water partition coefficient (Wildman–Crippen LogP) is 0.714. The number of carbonyl (C=O) groups excluding carboxylic acids is 1. The molecule has 0 aliphatic carbocycles. The Morgan fingerprint density at radius 1 is 1.56 bits per heavy atom. The van der Waals surface area contributed by atoms with Gasteiger partial charge in [0.15, 0.2) is 0 Å². The molecular formula is C12H25N3O. The summed E-state index contributed by atoms with van der Waals surface area (Å²) < 4.78 is 0. The van der Waals surface area contributed by atoms with Crippen molar-refractivity contribution in [1.82, 2.24) is 10.2 Å². The van der Waals surface area contributed by atoms with Gasteiger partial charge in [-0.05, 0) is 39.3 Å². The van der Waals surface area contributed by atoms with Gasteiger partial charge in [0, 0.05) is 12.6 Å². The third-order valence-corrected chi connectivity index (χ3v) is 3.60. The summed E-state index contributed by atoms with van der Waals surface area (Å²) in [6.07, 6.45) is 3.64. The Balaban J connectivity index is 2.64. The van der Waals surface area contributed by atoms with Crippen LogP contribution in [0, 0.1) is 0 Å². The molecular weight excluding hydrogens is 202 g/mol. The van der Waals surface area contributed by atoms with Crippen LogP contribution in [0.1, 0.15) is 40.0 Å². The summed E-state index contributed by atoms with van der Waals surface area (Å²) in [4.78, 5) is 13.9. The lowest BCUT2D eigenvalue weighted by Gasteiger charge is -2.34. The van der Waals surface area contributed by atoms with Crippen LogP contribution in [0.5, 0.6) is 0 Å². The highest BCUT2D eigenvalue weighted by atomic mass is 16.1. The van der Waals surface area contributed by atoms with Crippen LogP contribution in [0.3, 0.4) is 0 Å². The quantitative estimate of drug-likeness (QED) is 0.703. The van der Waals surface area contributed by atoms with E-state index >= 15 is 0 Å². The van der Waals surface area contributed by atoms with Crippen molar-refractivity contribution in [2.45, 2.75) is 51.6 Å². The number of likely N-dealkylation sites (N-methyl/N-ethyl adjacent to an activating group) is 1. The van der Waals surface area contributed by atoms with Gasteiger partial charge in [-0.25, -0.2) is 0 Å². The maximum atomic E-state index is 11.5. The molecule has 1 heterocycles. The van der Waals surface area contributed by atoms with Gasteiger partial charge in [0.1, 0.15) is 5.54 Å². The van der Waals surface area contributed by atoms with Crippen molar-refractivity contribution in [2.24, 2.45) is 5.73 Å². The minimum absolute atomic E-state index is 0.254. The van der Waals surface area contributed by atoms with E-state index in [4.69, 9.17) is 5.73 Å². The van der Waals surface area contributed by atoms with Gasteiger partial charge in [0.25, 0.3) is 0 Å². The van der Waals surface area contributed by atoms with Crippen molar-refractivity contribution < 1.29 is 4.79 Å². The molecule has 4 nitrogen and oxygen atoms in total. The van der Waals surface area contributed by atoms with Crippen molar-refractivity contribution in [3.05, 3.63) is 0 Å². The van der Waals surface area contributed by atoms with Gasteiger partial charge < -0.3 is 11.1 Å². The molecule has 4 heteroatoms. The zero-order valence-corrected chi connectivity index (χ0v) is 10.8. The molecule has 0 saturated carbocycles. The molecule has 0 aromatic carbocycles. The first kappa shape index (κ1) is 13.5. The lowest BCUT2D eigenvalue weighted by atomic mass is 10.00. The minimum Gasteiger partial charge on any atom is -0.368 e. The molecule has 1 saturated heterocycles. The largest absolute Gasteiger partial charge is 0.368 e. The zero-order chi connectivity index (χ0) is 12.2. The molecule has 2 unspecified atom stereocenters. The number of primary amides is 1. The fourth-order valence-corrected chi connectivity index (χ4v) is 2.58. The van der Waals surface area contributed by atoms with Crippen molar-refractivity contribution in [3.8, 4) is 0 Å². The number of nitrogens with two attached hydrogens (primary N) is 1. The van der Waals surface area contributed by atoms with Gasteiger partial charge in [-0.1, -0.05) is 13.8 Å². The number of carbonyl (C=O) groups is 1. The van der Waals surface area contributed by atoms with Crippen LogP contribution in [-0.4, -0.2) is 42.0 Å². The smallest absolute Gasteiger partial charge is 0.238 e. The van der Waals surface area contributed by atoms with E-state index in [-0.39, 0.29) is 5.91 Å². The number of hydrogen-bond acceptors (Lipinski definition) is 3. The van der Waals surface area contributed by atoms with Crippen LogP contribution in [0.4, 0.5) is 0 Å². The predicted molar refractivity (Wildman–Crippen MR) is 66.2 cm³/mol. The van der Waals surface area contributed by atoms with Gasteiger partial charge in [-0.15, -0.1) is 0 Å². The fourth-order valence-electron chi connectivity index (χ4n) is 2.58. The Bertz CT molecular complexity index is 244. The summed E-state index contributed by atoms with van der Waals surface area (Å²) >= 11 is 0. The first-order valence-electron chi connectivity index (χ1n) is 6.32. The molecule has 1 rings (SSSR count). The van der Waals surface area contributed by atoms with Gasteiger partial charge in [0.05, 0.1) is 0 Å². The molecule has 0 radical (unpaired) electrons. The molecule has 1 aliphatic rings. The molecule has 0 aromatic rings. The summed E-state index contributed by atoms with van der Waals surface area (Å²) in [5.41, 5.74) is 4.90. The summed E-state index contributed by atoms with van der Waals surface area (Å²) in [6.45, 7) is 8.70. The van der Waals surface area contributed by atoms with E-state index in [0.29, 0.717) is 6.04 Å². The van der Waals surface area contributed by atoms with Gasteiger partial charge in [-0.2, -0.15) is 0 Å². The first-order valence-corrected chi connectivity index (χ1v) is 6.32. The number of nitrogens with one attached hydrogen (secondary N) is 1. The average molecular weight is 227 g/mol. The van der Waals surface area contributed by atoms with E-state index < -0.39 is 5.54 Å². The van der Waals surface area contributed by atoms with Crippen LogP contribution in [0.15, 0.2) is 0 Å². The van der Waals surface area contributed by atoms with E-state index in [1.807, 2.05) is 13.8 Å². The molecule has 0 bridgehead atoms. The highest BCUT2D eigenvalue weighted by Gasteiger charge is 2.35. The summed E-state index contributed by atoms with van der Waals surface area (Å²) in [5, 5.41) is 3.21. The zero-order valence-electron chi connectivity index (χ0n) is 10.8. The van der Waals surface area contributed by atoms with Crippen LogP contribution in [0.2, 0.25) is 0 Å². The Morgan fingerprint density at radius 3 is 2.75 bits per heavy atom. The molecule has 3 N–H and O–H groups in total. The third kappa shape index (κ3) is 2.95. The Morgan fingerprint density at radius 2 is 2.25 bits per heavy atom. The van der Waals surface area contributed by atoms with Crippen LogP contribution >= 0.6 is 0 Å². The second-order valence-electron chi connectivity index (χ2n) is 4.90. The van der Waals surface area contributed by atoms with Crippen molar-refractivity contribution in [1.29, 1.82) is 0 Å². The maximum Gasteiger partial charge on any atom is 0.238 e. The van der Waals surface area contributed by atoms with Gasteiger partial charge >= 0.3 is 0 Å². The maximum absolute atomic E-state index is 11.5. The van der Waals surface area contributed by atoms with Crippen LogP contribution in [-0.2, 0) is 4.79 Å². The summed E-state index contributed by atoms with van der Waals surface area (Å²) in [6, 6.07) is 0.623. The van der Waals surface area contributed by atoms with E-state index in [1.165, 1.54) is 12.8 Å². The molecule has 0 aromatic heterocycles. The van der Waals surface area contributed by atoms with Crippen molar-refractivity contribution >= 4 is 5.91 Å². The molecule has 1 fully saturated rings. The molecule has 16 heavy (non-hydrogen) atoms. The number of amides is 1. The lowest BCUT2D eigenvalue weighted by molar-refractivity contribution is -0.124. The van der Waals surface area contributed by atoms with E-state index in [0.717, 1.165) is 26.1 Å². The normalized spacial score (nSPS) is 25.6. The average Bonchev–Trinajstić information content (AvgIpc) is 2.65. The molecule has 1 amide bonds. The number of hydrogen-bond donors (Lipinski definition) is 2. The van der Waals surface area contributed by atoms with E-state index in [1.54, 1.807) is 0 Å². The highest BCUT2D eigenvalue weighted by Crippen LogP contribution is 2.22. The summed E-state index contributed by atoms with van der Waals surface area (Å²) in [5.74, 6) is -0.254. The SMILES string of the molecule is CCNC(C)(CN1CCCC1CC)C(N)=O. The highest BCUT2D eigenvalue weighted by molar-refractivity contribution is 5.84. The standard InChI is InChI=1S/C12H25N3O/c1-4-10-7-6-8-15(10)9-12(3,11(13)16)14-5-2/h10,14H,4-9H2,1-3H3,(H2,13,16). The Hall–Kier alpha value is -0.610. The molecule has 0 spiro atoms. The lowest BCUT2D eigenvalue weighted by Crippen LogP contribution is -2.60. The Kier molecular flexibility index (Phi) is 4.74. The second kappa shape index (κ2) is 5.64. The summed E-state index contributed by atoms with van der Waals surface area (Å²) in [7, 11) is 0. The second-order valence-corrected chi connectivity index (χ2v) is 4.90. The topological polar surface area (TPSA) is 58.4 Å². The Labute approximate surface area is 98.6 Å².